The number of amides is 1. The zero-order valence-corrected chi connectivity index (χ0v) is 10.9. The van der Waals surface area contributed by atoms with E-state index in [4.69, 9.17) is 5.73 Å². The molecule has 1 saturated heterocycles. The normalized spacial score (nSPS) is 17.7. The topological polar surface area (TPSA) is 84.4 Å². The van der Waals surface area contributed by atoms with Crippen molar-refractivity contribution in [2.24, 2.45) is 5.73 Å². The molecule has 6 nitrogen and oxygen atoms in total. The Morgan fingerprint density at radius 1 is 1.61 bits per heavy atom. The molecule has 0 atom stereocenters. The Labute approximate surface area is 106 Å². The predicted molar refractivity (Wildman–Crippen MR) is 67.2 cm³/mol. The van der Waals surface area contributed by atoms with Crippen molar-refractivity contribution in [3.8, 4) is 0 Å². The first-order chi connectivity index (χ1) is 8.44. The van der Waals surface area contributed by atoms with Gasteiger partial charge in [0.2, 0.25) is 0 Å². The number of likely N-dealkylation sites (tertiary alicyclic amines) is 1. The molecule has 0 aliphatic carbocycles. The number of hydrogen-bond donors (Lipinski definition) is 2. The number of aromatic nitrogens is 2. The van der Waals surface area contributed by atoms with Crippen LogP contribution in [0.25, 0.3) is 0 Å². The van der Waals surface area contributed by atoms with Crippen LogP contribution in [0.4, 0.5) is 0 Å². The molecule has 1 aliphatic rings. The van der Waals surface area contributed by atoms with E-state index in [1.165, 1.54) is 0 Å². The van der Waals surface area contributed by atoms with E-state index >= 15 is 0 Å². The van der Waals surface area contributed by atoms with Crippen molar-refractivity contribution in [3.63, 3.8) is 0 Å². The molecule has 2 heterocycles. The van der Waals surface area contributed by atoms with E-state index in [2.05, 4.69) is 5.10 Å². The van der Waals surface area contributed by atoms with E-state index in [9.17, 15) is 9.90 Å². The molecule has 1 aliphatic heterocycles. The molecule has 0 saturated carbocycles. The van der Waals surface area contributed by atoms with E-state index in [1.807, 2.05) is 6.92 Å². The Bertz CT molecular complexity index is 445. The van der Waals surface area contributed by atoms with Crippen LogP contribution in [0.5, 0.6) is 0 Å². The van der Waals surface area contributed by atoms with Crippen molar-refractivity contribution in [2.45, 2.75) is 32.4 Å². The molecule has 0 bridgehead atoms. The number of β-amino-alcohol motifs (C(OH)–C–C–N with tert-alkyl or cyclic N) is 1. The average molecular weight is 252 g/mol. The molecule has 0 aromatic carbocycles. The molecule has 6 heteroatoms. The van der Waals surface area contributed by atoms with Gasteiger partial charge in [0, 0.05) is 12.2 Å². The van der Waals surface area contributed by atoms with Crippen molar-refractivity contribution < 1.29 is 9.90 Å². The maximum atomic E-state index is 12.2. The van der Waals surface area contributed by atoms with Crippen LogP contribution >= 0.6 is 0 Å². The SMILES string of the molecule is Cc1c(C(=O)N2CC(C)(O)C2)cnn1CCCN. The van der Waals surface area contributed by atoms with Crippen LogP contribution in [0.2, 0.25) is 0 Å². The van der Waals surface area contributed by atoms with Gasteiger partial charge in [-0.1, -0.05) is 0 Å². The number of aliphatic hydroxyl groups is 1. The minimum Gasteiger partial charge on any atom is -0.386 e. The number of nitrogens with zero attached hydrogens (tertiary/aromatic N) is 3. The second-order valence-electron chi connectivity index (χ2n) is 5.17. The first kappa shape index (κ1) is 13.0. The van der Waals surface area contributed by atoms with Gasteiger partial charge in [0.25, 0.3) is 5.91 Å². The third kappa shape index (κ3) is 2.39. The fraction of sp³-hybridized carbons (Fsp3) is 0.667. The lowest BCUT2D eigenvalue weighted by molar-refractivity contribution is -0.0669. The summed E-state index contributed by atoms with van der Waals surface area (Å²) >= 11 is 0. The first-order valence-corrected chi connectivity index (χ1v) is 6.19. The smallest absolute Gasteiger partial charge is 0.257 e. The van der Waals surface area contributed by atoms with Gasteiger partial charge in [0.1, 0.15) is 0 Å². The van der Waals surface area contributed by atoms with E-state index in [1.54, 1.807) is 22.7 Å². The predicted octanol–water partition coefficient (Wildman–Crippen LogP) is -0.253. The summed E-state index contributed by atoms with van der Waals surface area (Å²) in [6.45, 7) is 5.73. The minimum absolute atomic E-state index is 0.0574. The maximum Gasteiger partial charge on any atom is 0.257 e. The van der Waals surface area contributed by atoms with Crippen LogP contribution in [0.3, 0.4) is 0 Å². The van der Waals surface area contributed by atoms with E-state index in [0.717, 1.165) is 18.7 Å². The van der Waals surface area contributed by atoms with Crippen LogP contribution in [0, 0.1) is 6.92 Å². The number of carbonyl (C=O) groups is 1. The Morgan fingerprint density at radius 2 is 2.28 bits per heavy atom. The lowest BCUT2D eigenvalue weighted by Crippen LogP contribution is -2.61. The second-order valence-corrected chi connectivity index (χ2v) is 5.17. The number of carbonyl (C=O) groups excluding carboxylic acids is 1. The summed E-state index contributed by atoms with van der Waals surface area (Å²) in [5, 5.41) is 13.8. The summed E-state index contributed by atoms with van der Waals surface area (Å²) in [6.07, 6.45) is 2.44. The summed E-state index contributed by atoms with van der Waals surface area (Å²) in [5.41, 5.74) is 6.20. The highest BCUT2D eigenvalue weighted by atomic mass is 16.3. The molecule has 0 radical (unpaired) electrons. The molecule has 100 valence electrons. The molecular weight excluding hydrogens is 232 g/mol. The van der Waals surface area contributed by atoms with E-state index in [0.29, 0.717) is 25.2 Å². The van der Waals surface area contributed by atoms with Crippen LogP contribution < -0.4 is 5.73 Å². The van der Waals surface area contributed by atoms with Crippen LogP contribution in [0.15, 0.2) is 6.20 Å². The van der Waals surface area contributed by atoms with Gasteiger partial charge in [-0.3, -0.25) is 9.48 Å². The molecule has 3 N–H and O–H groups in total. The fourth-order valence-corrected chi connectivity index (χ4v) is 2.21. The highest BCUT2D eigenvalue weighted by Crippen LogP contribution is 2.23. The first-order valence-electron chi connectivity index (χ1n) is 6.19. The van der Waals surface area contributed by atoms with Gasteiger partial charge in [-0.2, -0.15) is 5.10 Å². The molecule has 1 amide bonds. The van der Waals surface area contributed by atoms with Crippen molar-refractivity contribution in [2.75, 3.05) is 19.6 Å². The van der Waals surface area contributed by atoms with Gasteiger partial charge in [0.15, 0.2) is 0 Å². The highest BCUT2D eigenvalue weighted by molar-refractivity contribution is 5.95. The number of aryl methyl sites for hydroxylation is 1. The molecular formula is C12H20N4O2. The standard InChI is InChI=1S/C12H20N4O2/c1-9-10(6-14-16(9)5-3-4-13)11(17)15-7-12(2,18)8-15/h6,18H,3-5,7-8,13H2,1-2H3. The van der Waals surface area contributed by atoms with Crippen molar-refractivity contribution >= 4 is 5.91 Å². The Kier molecular flexibility index (Phi) is 3.41. The Balaban J connectivity index is 2.05. The maximum absolute atomic E-state index is 12.2. The van der Waals surface area contributed by atoms with Crippen LogP contribution in [-0.4, -0.2) is 50.9 Å². The van der Waals surface area contributed by atoms with Gasteiger partial charge in [-0.15, -0.1) is 0 Å². The number of hydrogen-bond acceptors (Lipinski definition) is 4. The van der Waals surface area contributed by atoms with Gasteiger partial charge in [0.05, 0.1) is 30.5 Å². The van der Waals surface area contributed by atoms with Gasteiger partial charge < -0.3 is 15.7 Å². The van der Waals surface area contributed by atoms with Crippen LogP contribution in [0.1, 0.15) is 29.4 Å². The Morgan fingerprint density at radius 3 is 2.83 bits per heavy atom. The summed E-state index contributed by atoms with van der Waals surface area (Å²) in [7, 11) is 0. The molecule has 1 fully saturated rings. The summed E-state index contributed by atoms with van der Waals surface area (Å²) in [6, 6.07) is 0. The monoisotopic (exact) mass is 252 g/mol. The largest absolute Gasteiger partial charge is 0.386 e. The average Bonchev–Trinajstić information content (AvgIpc) is 2.64. The lowest BCUT2D eigenvalue weighted by atomic mass is 9.96. The molecule has 2 rings (SSSR count). The van der Waals surface area contributed by atoms with Gasteiger partial charge in [-0.05, 0) is 26.8 Å². The number of rotatable bonds is 4. The van der Waals surface area contributed by atoms with Gasteiger partial charge in [-0.25, -0.2) is 0 Å². The molecule has 0 spiro atoms. The molecule has 0 unspecified atom stereocenters. The zero-order valence-electron chi connectivity index (χ0n) is 10.9. The quantitative estimate of drug-likeness (QED) is 0.773. The molecule has 18 heavy (non-hydrogen) atoms. The van der Waals surface area contributed by atoms with E-state index < -0.39 is 5.60 Å². The summed E-state index contributed by atoms with van der Waals surface area (Å²) in [4.78, 5) is 13.8. The lowest BCUT2D eigenvalue weighted by Gasteiger charge is -2.44. The molecule has 1 aromatic rings. The van der Waals surface area contributed by atoms with Crippen molar-refractivity contribution in [1.82, 2.24) is 14.7 Å². The third-order valence-corrected chi connectivity index (χ3v) is 3.26. The van der Waals surface area contributed by atoms with Crippen molar-refractivity contribution in [3.05, 3.63) is 17.5 Å². The van der Waals surface area contributed by atoms with Crippen LogP contribution in [-0.2, 0) is 6.54 Å². The highest BCUT2D eigenvalue weighted by Gasteiger charge is 2.40. The van der Waals surface area contributed by atoms with E-state index in [-0.39, 0.29) is 5.91 Å². The summed E-state index contributed by atoms with van der Waals surface area (Å²) in [5.74, 6) is -0.0574. The fourth-order valence-electron chi connectivity index (χ4n) is 2.21. The van der Waals surface area contributed by atoms with Gasteiger partial charge >= 0.3 is 0 Å². The second kappa shape index (κ2) is 4.70. The number of nitrogens with two attached hydrogens (primary N) is 1. The Hall–Kier alpha value is -1.40. The minimum atomic E-state index is -0.737. The van der Waals surface area contributed by atoms with Crippen molar-refractivity contribution in [1.29, 1.82) is 0 Å². The molecule has 1 aromatic heterocycles. The third-order valence-electron chi connectivity index (χ3n) is 3.26. The summed E-state index contributed by atoms with van der Waals surface area (Å²) < 4.78 is 1.80. The zero-order chi connectivity index (χ0) is 13.3.